The van der Waals surface area contributed by atoms with Crippen LogP contribution in [0.2, 0.25) is 0 Å². The highest BCUT2D eigenvalue weighted by Gasteiger charge is 2.26. The van der Waals surface area contributed by atoms with E-state index >= 15 is 0 Å². The van der Waals surface area contributed by atoms with Crippen LogP contribution >= 0.6 is 7.82 Å². The molecule has 0 rings (SSSR count). The topological polar surface area (TPSA) is 131 Å². The van der Waals surface area contributed by atoms with Crippen molar-refractivity contribution in [3.63, 3.8) is 0 Å². The lowest BCUT2D eigenvalue weighted by molar-refractivity contribution is -0.123. The fourth-order valence-electron chi connectivity index (χ4n) is 7.55. The number of unbranched alkanes of at least 4 members (excludes halogenated alkanes) is 29. The summed E-state index contributed by atoms with van der Waals surface area (Å²) in [5, 5.41) is 13.7. The summed E-state index contributed by atoms with van der Waals surface area (Å²) in [6.07, 6.45) is 64.3. The number of rotatable bonds is 49. The Labute approximate surface area is 389 Å². The van der Waals surface area contributed by atoms with E-state index in [0.717, 1.165) is 51.4 Å². The molecule has 0 bridgehead atoms. The minimum absolute atomic E-state index is 0.0698. The van der Waals surface area contributed by atoms with E-state index in [1.54, 1.807) is 6.08 Å². The summed E-state index contributed by atoms with van der Waals surface area (Å²) in [4.78, 5) is 22.8. The summed E-state index contributed by atoms with van der Waals surface area (Å²) in [5.41, 5.74) is 5.39. The molecular formula is C54H101N2O6P. The van der Waals surface area contributed by atoms with E-state index in [1.807, 2.05) is 6.08 Å². The Hall–Kier alpha value is -1.80. The van der Waals surface area contributed by atoms with E-state index in [1.165, 1.54) is 173 Å². The Bertz CT molecular complexity index is 1170. The van der Waals surface area contributed by atoms with Crippen LogP contribution in [0.5, 0.6) is 0 Å². The lowest BCUT2D eigenvalue weighted by Gasteiger charge is -2.23. The number of aliphatic hydroxyl groups is 1. The van der Waals surface area contributed by atoms with Crippen LogP contribution in [0.1, 0.15) is 245 Å². The van der Waals surface area contributed by atoms with Gasteiger partial charge in [0.05, 0.1) is 25.4 Å². The predicted octanol–water partition coefficient (Wildman–Crippen LogP) is 15.8. The number of amides is 1. The van der Waals surface area contributed by atoms with Gasteiger partial charge in [-0.25, -0.2) is 4.57 Å². The average molecular weight is 905 g/mol. The zero-order chi connectivity index (χ0) is 46.0. The maximum atomic E-state index is 12.8. The van der Waals surface area contributed by atoms with Crippen molar-refractivity contribution in [2.45, 2.75) is 257 Å². The molecule has 0 saturated heterocycles. The van der Waals surface area contributed by atoms with Gasteiger partial charge in [0.15, 0.2) is 0 Å². The second-order valence-electron chi connectivity index (χ2n) is 17.7. The monoisotopic (exact) mass is 905 g/mol. The number of carbonyl (C=O) groups excluding carboxylic acids is 1. The van der Waals surface area contributed by atoms with E-state index in [2.05, 4.69) is 67.8 Å². The van der Waals surface area contributed by atoms with E-state index in [0.29, 0.717) is 6.42 Å². The highest BCUT2D eigenvalue weighted by molar-refractivity contribution is 7.47. The number of nitrogens with one attached hydrogen (secondary N) is 1. The Balaban J connectivity index is 4.15. The number of allylic oxidation sites excluding steroid dienone is 9. The molecule has 0 spiro atoms. The van der Waals surface area contributed by atoms with E-state index in [9.17, 15) is 19.4 Å². The van der Waals surface area contributed by atoms with Gasteiger partial charge in [0.2, 0.25) is 5.91 Å². The quantitative estimate of drug-likeness (QED) is 0.0272. The van der Waals surface area contributed by atoms with Gasteiger partial charge in [-0.05, 0) is 77.0 Å². The van der Waals surface area contributed by atoms with Crippen LogP contribution in [0.15, 0.2) is 60.8 Å². The largest absolute Gasteiger partial charge is 0.472 e. The van der Waals surface area contributed by atoms with Gasteiger partial charge in [0.1, 0.15) is 0 Å². The number of phosphoric acid groups is 1. The first-order chi connectivity index (χ1) is 30.9. The van der Waals surface area contributed by atoms with E-state index in [-0.39, 0.29) is 25.7 Å². The molecule has 0 fully saturated rings. The third-order valence-electron chi connectivity index (χ3n) is 11.5. The Morgan fingerprint density at radius 2 is 0.889 bits per heavy atom. The second-order valence-corrected chi connectivity index (χ2v) is 19.2. The molecule has 0 aromatic carbocycles. The summed E-state index contributed by atoms with van der Waals surface area (Å²) in [6, 6.07) is -0.887. The summed E-state index contributed by atoms with van der Waals surface area (Å²) >= 11 is 0. The van der Waals surface area contributed by atoms with Crippen molar-refractivity contribution < 1.29 is 28.4 Å². The number of hydrogen-bond donors (Lipinski definition) is 4. The lowest BCUT2D eigenvalue weighted by Crippen LogP contribution is -2.45. The summed E-state index contributed by atoms with van der Waals surface area (Å²) in [7, 11) is -4.36. The summed E-state index contributed by atoms with van der Waals surface area (Å²) < 4.78 is 22.2. The molecule has 0 radical (unpaired) electrons. The normalized spacial score (nSPS) is 14.3. The first-order valence-electron chi connectivity index (χ1n) is 26.4. The van der Waals surface area contributed by atoms with Crippen molar-refractivity contribution in [3.8, 4) is 0 Å². The van der Waals surface area contributed by atoms with Crippen molar-refractivity contribution >= 4 is 13.7 Å². The minimum atomic E-state index is -4.36. The van der Waals surface area contributed by atoms with Crippen molar-refractivity contribution in [2.24, 2.45) is 5.73 Å². The van der Waals surface area contributed by atoms with Crippen LogP contribution in [0.25, 0.3) is 0 Å². The van der Waals surface area contributed by atoms with Gasteiger partial charge >= 0.3 is 7.82 Å². The molecule has 0 aliphatic rings. The first-order valence-corrected chi connectivity index (χ1v) is 27.9. The van der Waals surface area contributed by atoms with Crippen LogP contribution in [-0.4, -0.2) is 47.8 Å². The van der Waals surface area contributed by atoms with Crippen molar-refractivity contribution in [2.75, 3.05) is 19.8 Å². The molecule has 63 heavy (non-hydrogen) atoms. The third-order valence-corrected chi connectivity index (χ3v) is 12.5. The van der Waals surface area contributed by atoms with Crippen molar-refractivity contribution in [3.05, 3.63) is 60.8 Å². The van der Waals surface area contributed by atoms with Gasteiger partial charge in [-0.3, -0.25) is 13.8 Å². The predicted molar refractivity (Wildman–Crippen MR) is 272 cm³/mol. The summed E-state index contributed by atoms with van der Waals surface area (Å²) in [6.45, 7) is 4.11. The van der Waals surface area contributed by atoms with Crippen LogP contribution < -0.4 is 11.1 Å². The Morgan fingerprint density at radius 1 is 0.524 bits per heavy atom. The molecule has 8 nitrogen and oxygen atoms in total. The molecule has 3 atom stereocenters. The molecule has 0 aliphatic carbocycles. The van der Waals surface area contributed by atoms with Crippen molar-refractivity contribution in [1.82, 2.24) is 5.32 Å². The van der Waals surface area contributed by atoms with Crippen LogP contribution in [0, 0.1) is 0 Å². The lowest BCUT2D eigenvalue weighted by atomic mass is 10.0. The molecule has 368 valence electrons. The highest BCUT2D eigenvalue weighted by Crippen LogP contribution is 2.43. The second kappa shape index (κ2) is 49.6. The number of aliphatic hydroxyl groups excluding tert-OH is 1. The molecule has 0 saturated carbocycles. The smallest absolute Gasteiger partial charge is 0.387 e. The molecule has 5 N–H and O–H groups in total. The Morgan fingerprint density at radius 3 is 1.32 bits per heavy atom. The number of phosphoric ester groups is 1. The van der Waals surface area contributed by atoms with Gasteiger partial charge in [-0.1, -0.05) is 222 Å². The van der Waals surface area contributed by atoms with Gasteiger partial charge in [-0.2, -0.15) is 0 Å². The molecule has 1 amide bonds. The number of hydrogen-bond acceptors (Lipinski definition) is 6. The van der Waals surface area contributed by atoms with Gasteiger partial charge < -0.3 is 21.1 Å². The standard InChI is InChI=1S/C54H101N2O6P/c1-3-5-7-9-11-13-15-17-19-21-23-25-26-28-30-32-34-36-38-40-42-44-46-48-54(58)56-52(51-62-63(59,60)61-50-49-55)53(57)47-45-43-41-39-37-35-33-31-29-27-24-22-20-18-16-14-12-10-8-6-4-2/h15,17,21,23,29,31,37,39,45,47,52-53,57H,3-14,16,18-20,22,24-28,30,32-36,38,40-44,46,48-51,55H2,1-2H3,(H,56,58)(H,59,60)/b17-15-,23-21-,31-29+,39-37+,47-45+. The molecule has 0 aromatic rings. The Kier molecular flexibility index (Phi) is 48.2. The van der Waals surface area contributed by atoms with Crippen LogP contribution in [-0.2, 0) is 18.4 Å². The fourth-order valence-corrected chi connectivity index (χ4v) is 8.31. The molecule has 0 heterocycles. The van der Waals surface area contributed by atoms with Gasteiger partial charge in [-0.15, -0.1) is 0 Å². The molecule has 3 unspecified atom stereocenters. The SMILES string of the molecule is CCCCCCC/C=C\C/C=C\CCCCCCCCCCCCCC(=O)NC(COP(=O)(O)OCCN)C(O)/C=C/CC/C=C/CC/C=C/CCCCCCCCCCCCC. The van der Waals surface area contributed by atoms with Gasteiger partial charge in [0.25, 0.3) is 0 Å². The number of nitrogens with two attached hydrogens (primary N) is 1. The summed E-state index contributed by atoms with van der Waals surface area (Å²) in [5.74, 6) is -0.210. The minimum Gasteiger partial charge on any atom is -0.387 e. The zero-order valence-corrected chi connectivity index (χ0v) is 42.0. The van der Waals surface area contributed by atoms with Gasteiger partial charge in [0, 0.05) is 13.0 Å². The maximum absolute atomic E-state index is 12.8. The zero-order valence-electron chi connectivity index (χ0n) is 41.1. The maximum Gasteiger partial charge on any atom is 0.472 e. The van der Waals surface area contributed by atoms with E-state index in [4.69, 9.17) is 14.8 Å². The van der Waals surface area contributed by atoms with Crippen LogP contribution in [0.3, 0.4) is 0 Å². The first kappa shape index (κ1) is 61.2. The average Bonchev–Trinajstić information content (AvgIpc) is 3.27. The fraction of sp³-hybridized carbons (Fsp3) is 0.796. The van der Waals surface area contributed by atoms with Crippen molar-refractivity contribution in [1.29, 1.82) is 0 Å². The van der Waals surface area contributed by atoms with Crippen LogP contribution in [0.4, 0.5) is 0 Å². The molecular weight excluding hydrogens is 804 g/mol. The molecule has 9 heteroatoms. The number of carbonyl (C=O) groups is 1. The third kappa shape index (κ3) is 48.0. The van der Waals surface area contributed by atoms with E-state index < -0.39 is 20.0 Å². The molecule has 0 aromatic heterocycles. The highest BCUT2D eigenvalue weighted by atomic mass is 31.2. The molecule has 0 aliphatic heterocycles.